The van der Waals surface area contributed by atoms with Crippen LogP contribution in [0, 0.1) is 5.21 Å². The maximum Gasteiger partial charge on any atom is 0.209 e. The first-order valence-electron chi connectivity index (χ1n) is 5.92. The molecule has 0 aliphatic heterocycles. The number of hydrogen-bond acceptors (Lipinski definition) is 4. The minimum absolute atomic E-state index is 0.0146. The van der Waals surface area contributed by atoms with E-state index in [4.69, 9.17) is 14.7 Å². The van der Waals surface area contributed by atoms with E-state index >= 15 is 0 Å². The van der Waals surface area contributed by atoms with E-state index in [1.54, 1.807) is 43.5 Å². The molecule has 2 aromatic rings. The first-order valence-corrected chi connectivity index (χ1v) is 5.92. The van der Waals surface area contributed by atoms with Crippen LogP contribution in [0.5, 0.6) is 17.2 Å². The van der Waals surface area contributed by atoms with E-state index in [1.807, 2.05) is 12.1 Å². The zero-order chi connectivity index (χ0) is 14.4. The number of ether oxygens (including phenoxy) is 2. The summed E-state index contributed by atoms with van der Waals surface area (Å²) in [6.45, 7) is -0.0146. The topological polar surface area (TPSA) is 77.1 Å². The first-order chi connectivity index (χ1) is 9.71. The number of hydrogen-bond donors (Lipinski definition) is 1. The molecule has 0 fully saturated rings. The third-order valence-corrected chi connectivity index (χ3v) is 2.64. The summed E-state index contributed by atoms with van der Waals surface area (Å²) in [5, 5.41) is 21.7. The standard InChI is InChI=1S/C14H14N2O4/c1-19-12-6-8-14(9-7-12)20-13-4-2-11(3-5-13)10-16(18)15-17/h2-9,17H,10H2,1H3/b16-15-. The van der Waals surface area contributed by atoms with Crippen molar-refractivity contribution in [2.45, 2.75) is 6.54 Å². The molecule has 0 atom stereocenters. The number of benzene rings is 2. The van der Waals surface area contributed by atoms with Crippen LogP contribution in [0.25, 0.3) is 0 Å². The Balaban J connectivity index is 2.02. The van der Waals surface area contributed by atoms with E-state index in [1.165, 1.54) is 0 Å². The lowest BCUT2D eigenvalue weighted by Crippen LogP contribution is -1.99. The van der Waals surface area contributed by atoms with E-state index in [0.717, 1.165) is 11.3 Å². The predicted octanol–water partition coefficient (Wildman–Crippen LogP) is 3.34. The molecule has 2 rings (SSSR count). The van der Waals surface area contributed by atoms with Crippen molar-refractivity contribution in [3.05, 3.63) is 59.3 Å². The van der Waals surface area contributed by atoms with Crippen LogP contribution in [0.15, 0.2) is 53.8 Å². The van der Waals surface area contributed by atoms with Crippen LogP contribution in [0.3, 0.4) is 0 Å². The molecular formula is C14H14N2O4. The lowest BCUT2D eigenvalue weighted by Gasteiger charge is -2.07. The monoisotopic (exact) mass is 274 g/mol. The van der Waals surface area contributed by atoms with Gasteiger partial charge in [-0.2, -0.15) is 0 Å². The van der Waals surface area contributed by atoms with Crippen LogP contribution >= 0.6 is 0 Å². The van der Waals surface area contributed by atoms with Gasteiger partial charge in [-0.1, -0.05) is 4.86 Å². The van der Waals surface area contributed by atoms with Gasteiger partial charge in [-0.15, -0.1) is 0 Å². The summed E-state index contributed by atoms with van der Waals surface area (Å²) in [4.78, 5) is 0.194. The summed E-state index contributed by atoms with van der Waals surface area (Å²) >= 11 is 0. The Labute approximate surface area is 116 Å². The highest BCUT2D eigenvalue weighted by Crippen LogP contribution is 2.24. The van der Waals surface area contributed by atoms with Gasteiger partial charge in [0, 0.05) is 5.56 Å². The molecule has 2 aromatic carbocycles. The van der Waals surface area contributed by atoms with Gasteiger partial charge in [0.1, 0.15) is 17.2 Å². The summed E-state index contributed by atoms with van der Waals surface area (Å²) in [7, 11) is 1.60. The highest BCUT2D eigenvalue weighted by Gasteiger charge is 2.02. The second-order valence-electron chi connectivity index (χ2n) is 4.02. The third-order valence-electron chi connectivity index (χ3n) is 2.64. The SMILES string of the molecule is COc1ccc(Oc2ccc(C/[N+]([O-])=N/O)cc2)cc1. The molecule has 0 radical (unpaired) electrons. The van der Waals surface area contributed by atoms with Gasteiger partial charge in [-0.25, -0.2) is 0 Å². The maximum atomic E-state index is 10.9. The number of rotatable bonds is 5. The van der Waals surface area contributed by atoms with Gasteiger partial charge in [0.05, 0.1) is 7.11 Å². The molecule has 0 aromatic heterocycles. The summed E-state index contributed by atoms with van der Waals surface area (Å²) in [5.74, 6) is 2.10. The molecule has 104 valence electrons. The van der Waals surface area contributed by atoms with Crippen molar-refractivity contribution >= 4 is 0 Å². The van der Waals surface area contributed by atoms with Crippen LogP contribution in [0.2, 0.25) is 0 Å². The van der Waals surface area contributed by atoms with Crippen LogP contribution in [0.1, 0.15) is 5.56 Å². The molecular weight excluding hydrogens is 260 g/mol. The highest BCUT2D eigenvalue weighted by atomic mass is 16.6. The quantitative estimate of drug-likeness (QED) is 0.515. The second kappa shape index (κ2) is 6.42. The number of hydroxylamine groups is 1. The molecule has 1 N–H and O–H groups in total. The summed E-state index contributed by atoms with van der Waals surface area (Å²) < 4.78 is 10.7. The number of methoxy groups -OCH3 is 1. The van der Waals surface area contributed by atoms with Crippen molar-refractivity contribution in [3.63, 3.8) is 0 Å². The third kappa shape index (κ3) is 3.61. The highest BCUT2D eigenvalue weighted by molar-refractivity contribution is 5.36. The largest absolute Gasteiger partial charge is 0.597 e. The molecule has 0 aliphatic carbocycles. The Kier molecular flexibility index (Phi) is 4.39. The molecule has 20 heavy (non-hydrogen) atoms. The molecule has 0 saturated heterocycles. The minimum Gasteiger partial charge on any atom is -0.597 e. The van der Waals surface area contributed by atoms with Gasteiger partial charge in [0.15, 0.2) is 5.28 Å². The summed E-state index contributed by atoms with van der Waals surface area (Å²) in [6.07, 6.45) is 0. The molecule has 0 bridgehead atoms. The summed E-state index contributed by atoms with van der Waals surface area (Å²) in [6, 6.07) is 14.2. The Hall–Kier alpha value is -2.76. The van der Waals surface area contributed by atoms with Crippen LogP contribution in [-0.4, -0.2) is 17.2 Å². The van der Waals surface area contributed by atoms with Gasteiger partial charge >= 0.3 is 0 Å². The van der Waals surface area contributed by atoms with Crippen LogP contribution in [0.4, 0.5) is 0 Å². The lowest BCUT2D eigenvalue weighted by atomic mass is 10.2. The van der Waals surface area contributed by atoms with E-state index in [-0.39, 0.29) is 11.4 Å². The van der Waals surface area contributed by atoms with Crippen LogP contribution < -0.4 is 9.47 Å². The average Bonchev–Trinajstić information content (AvgIpc) is 2.50. The average molecular weight is 274 g/mol. The Bertz CT molecular complexity index is 579. The zero-order valence-corrected chi connectivity index (χ0v) is 10.9. The number of nitrogens with zero attached hydrogens (tertiary/aromatic N) is 2. The minimum atomic E-state index is -0.0146. The Morgan fingerprint density at radius 1 is 1.00 bits per heavy atom. The van der Waals surface area contributed by atoms with Gasteiger partial charge < -0.3 is 19.9 Å². The molecule has 0 aliphatic rings. The van der Waals surface area contributed by atoms with Crippen molar-refractivity contribution in [1.29, 1.82) is 0 Å². The summed E-state index contributed by atoms with van der Waals surface area (Å²) in [5.41, 5.74) is 0.722. The first kappa shape index (κ1) is 13.7. The van der Waals surface area contributed by atoms with Crippen molar-refractivity contribution in [3.8, 4) is 17.2 Å². The molecule has 0 amide bonds. The van der Waals surface area contributed by atoms with Gasteiger partial charge in [-0.05, 0) is 48.5 Å². The molecule has 0 saturated carbocycles. The Morgan fingerprint density at radius 3 is 2.00 bits per heavy atom. The predicted molar refractivity (Wildman–Crippen MR) is 71.1 cm³/mol. The molecule has 6 nitrogen and oxygen atoms in total. The van der Waals surface area contributed by atoms with Gasteiger partial charge in [-0.3, -0.25) is 0 Å². The smallest absolute Gasteiger partial charge is 0.209 e. The van der Waals surface area contributed by atoms with E-state index in [2.05, 4.69) is 5.28 Å². The normalized spacial score (nSPS) is 11.2. The molecule has 0 heterocycles. The lowest BCUT2D eigenvalue weighted by molar-refractivity contribution is -0.570. The second-order valence-corrected chi connectivity index (χ2v) is 4.02. The fourth-order valence-electron chi connectivity index (χ4n) is 1.63. The fourth-order valence-corrected chi connectivity index (χ4v) is 1.63. The molecule has 0 spiro atoms. The van der Waals surface area contributed by atoms with Crippen molar-refractivity contribution in [2.75, 3.05) is 7.11 Å². The van der Waals surface area contributed by atoms with Crippen molar-refractivity contribution in [1.82, 2.24) is 0 Å². The van der Waals surface area contributed by atoms with Gasteiger partial charge in [0.25, 0.3) is 0 Å². The van der Waals surface area contributed by atoms with E-state index < -0.39 is 0 Å². The van der Waals surface area contributed by atoms with E-state index in [0.29, 0.717) is 11.5 Å². The molecule has 6 heteroatoms. The van der Waals surface area contributed by atoms with Crippen molar-refractivity contribution in [2.24, 2.45) is 5.28 Å². The fraction of sp³-hybridized carbons (Fsp3) is 0.143. The van der Waals surface area contributed by atoms with E-state index in [9.17, 15) is 5.21 Å². The molecule has 0 unspecified atom stereocenters. The zero-order valence-electron chi connectivity index (χ0n) is 10.9. The maximum absolute atomic E-state index is 10.9. The van der Waals surface area contributed by atoms with Crippen LogP contribution in [-0.2, 0) is 6.54 Å². The van der Waals surface area contributed by atoms with Gasteiger partial charge in [0.2, 0.25) is 6.54 Å². The van der Waals surface area contributed by atoms with Crippen molar-refractivity contribution < 1.29 is 19.5 Å². The Morgan fingerprint density at radius 2 is 1.50 bits per heavy atom.